The van der Waals surface area contributed by atoms with Gasteiger partial charge in [0.05, 0.1) is 0 Å². The maximum Gasteiger partial charge on any atom is 0.223 e. The highest BCUT2D eigenvalue weighted by atomic mass is 35.5. The Morgan fingerprint density at radius 3 is 2.44 bits per heavy atom. The van der Waals surface area contributed by atoms with E-state index in [1.54, 1.807) is 0 Å². The minimum Gasteiger partial charge on any atom is -0.356 e. The molecule has 0 aromatic heterocycles. The predicted molar refractivity (Wildman–Crippen MR) is 102 cm³/mol. The molecule has 2 aromatic carbocycles. The SMILES string of the molecule is Cc1ccc(C2CC3C(=O)NCC3CC2c2ccc(Cl)cc2Cl)cc1. The Morgan fingerprint density at radius 2 is 1.72 bits per heavy atom. The first-order chi connectivity index (χ1) is 12.0. The fraction of sp³-hybridized carbons (Fsp3) is 0.381. The highest BCUT2D eigenvalue weighted by molar-refractivity contribution is 6.35. The lowest BCUT2D eigenvalue weighted by Gasteiger charge is -2.38. The molecule has 1 aliphatic heterocycles. The van der Waals surface area contributed by atoms with E-state index in [1.807, 2.05) is 12.1 Å². The van der Waals surface area contributed by atoms with Crippen LogP contribution in [0.2, 0.25) is 10.0 Å². The molecule has 130 valence electrons. The number of fused-ring (bicyclic) bond motifs is 1. The Hall–Kier alpha value is -1.51. The van der Waals surface area contributed by atoms with E-state index < -0.39 is 0 Å². The van der Waals surface area contributed by atoms with Gasteiger partial charge in [0, 0.05) is 22.5 Å². The van der Waals surface area contributed by atoms with E-state index in [9.17, 15) is 4.79 Å². The second-order valence-electron chi connectivity index (χ2n) is 7.37. The molecule has 2 aromatic rings. The topological polar surface area (TPSA) is 29.1 Å². The summed E-state index contributed by atoms with van der Waals surface area (Å²) in [5.74, 6) is 1.33. The summed E-state index contributed by atoms with van der Waals surface area (Å²) in [5.41, 5.74) is 3.69. The number of aryl methyl sites for hydroxylation is 1. The third-order valence-corrected chi connectivity index (χ3v) is 6.42. The van der Waals surface area contributed by atoms with Gasteiger partial charge in [0.25, 0.3) is 0 Å². The third-order valence-electron chi connectivity index (χ3n) is 5.86. The number of halogens is 2. The van der Waals surface area contributed by atoms with Gasteiger partial charge >= 0.3 is 0 Å². The van der Waals surface area contributed by atoms with Crippen molar-refractivity contribution < 1.29 is 4.79 Å². The predicted octanol–water partition coefficient (Wildman–Crippen LogP) is 5.33. The maximum atomic E-state index is 12.2. The lowest BCUT2D eigenvalue weighted by molar-refractivity contribution is -0.123. The van der Waals surface area contributed by atoms with E-state index in [0.29, 0.717) is 22.8 Å². The average Bonchev–Trinajstić information content (AvgIpc) is 2.95. The van der Waals surface area contributed by atoms with Crippen molar-refractivity contribution >= 4 is 29.1 Å². The third kappa shape index (κ3) is 3.18. The summed E-state index contributed by atoms with van der Waals surface area (Å²) in [6, 6.07) is 14.5. The van der Waals surface area contributed by atoms with Gasteiger partial charge in [-0.1, -0.05) is 59.1 Å². The number of hydrogen-bond acceptors (Lipinski definition) is 1. The molecular weight excluding hydrogens is 353 g/mol. The molecule has 25 heavy (non-hydrogen) atoms. The van der Waals surface area contributed by atoms with E-state index in [0.717, 1.165) is 30.0 Å². The van der Waals surface area contributed by atoms with Crippen LogP contribution in [-0.4, -0.2) is 12.5 Å². The van der Waals surface area contributed by atoms with Gasteiger partial charge in [0.15, 0.2) is 0 Å². The van der Waals surface area contributed by atoms with E-state index >= 15 is 0 Å². The molecule has 1 aliphatic carbocycles. The smallest absolute Gasteiger partial charge is 0.223 e. The van der Waals surface area contributed by atoms with E-state index in [2.05, 4.69) is 42.6 Å². The zero-order valence-electron chi connectivity index (χ0n) is 14.1. The molecule has 4 heteroatoms. The van der Waals surface area contributed by atoms with Crippen LogP contribution < -0.4 is 5.32 Å². The van der Waals surface area contributed by atoms with Crippen LogP contribution in [0, 0.1) is 18.8 Å². The summed E-state index contributed by atoms with van der Waals surface area (Å²) in [6.45, 7) is 2.88. The van der Waals surface area contributed by atoms with E-state index in [-0.39, 0.29) is 11.8 Å². The molecule has 0 bridgehead atoms. The summed E-state index contributed by atoms with van der Waals surface area (Å²) in [5, 5.41) is 4.43. The van der Waals surface area contributed by atoms with Gasteiger partial charge in [-0.25, -0.2) is 0 Å². The molecule has 4 rings (SSSR count). The van der Waals surface area contributed by atoms with Crippen LogP contribution in [0.3, 0.4) is 0 Å². The van der Waals surface area contributed by atoms with Crippen molar-refractivity contribution in [3.63, 3.8) is 0 Å². The van der Waals surface area contributed by atoms with Gasteiger partial charge in [-0.2, -0.15) is 0 Å². The number of amides is 1. The lowest BCUT2D eigenvalue weighted by Crippen LogP contribution is -2.30. The Bertz CT molecular complexity index is 802. The minimum absolute atomic E-state index is 0.119. The number of benzene rings is 2. The summed E-state index contributed by atoms with van der Waals surface area (Å²) < 4.78 is 0. The number of hydrogen-bond donors (Lipinski definition) is 1. The summed E-state index contributed by atoms with van der Waals surface area (Å²) in [4.78, 5) is 12.2. The molecular formula is C21H21Cl2NO. The first kappa shape index (κ1) is 16.9. The van der Waals surface area contributed by atoms with Crippen molar-refractivity contribution in [2.75, 3.05) is 6.54 Å². The van der Waals surface area contributed by atoms with Crippen molar-refractivity contribution in [1.82, 2.24) is 5.32 Å². The highest BCUT2D eigenvalue weighted by Gasteiger charge is 2.45. The molecule has 1 heterocycles. The molecule has 1 saturated carbocycles. The van der Waals surface area contributed by atoms with Gasteiger partial charge in [-0.3, -0.25) is 4.79 Å². The van der Waals surface area contributed by atoms with Crippen molar-refractivity contribution in [1.29, 1.82) is 0 Å². The zero-order valence-corrected chi connectivity index (χ0v) is 15.6. The number of carbonyl (C=O) groups is 1. The van der Waals surface area contributed by atoms with Crippen molar-refractivity contribution in [3.05, 3.63) is 69.2 Å². The fourth-order valence-corrected chi connectivity index (χ4v) is 5.07. The minimum atomic E-state index is 0.119. The first-order valence-electron chi connectivity index (χ1n) is 8.82. The lowest BCUT2D eigenvalue weighted by atomic mass is 9.65. The Labute approximate surface area is 158 Å². The largest absolute Gasteiger partial charge is 0.356 e. The standard InChI is InChI=1S/C21H21Cl2NO/c1-12-2-4-13(5-3-12)17-10-18-14(11-24-21(18)25)8-19(17)16-7-6-15(22)9-20(16)23/h2-7,9,14,17-19H,8,10-11H2,1H3,(H,24,25). The Morgan fingerprint density at radius 1 is 0.960 bits per heavy atom. The quantitative estimate of drug-likeness (QED) is 0.757. The highest BCUT2D eigenvalue weighted by Crippen LogP contribution is 2.51. The van der Waals surface area contributed by atoms with E-state index in [1.165, 1.54) is 11.1 Å². The van der Waals surface area contributed by atoms with Crippen LogP contribution in [0.4, 0.5) is 0 Å². The fourth-order valence-electron chi connectivity index (χ4n) is 4.52. The van der Waals surface area contributed by atoms with Gasteiger partial charge in [-0.15, -0.1) is 0 Å². The van der Waals surface area contributed by atoms with Gasteiger partial charge in [-0.05, 0) is 60.8 Å². The maximum absolute atomic E-state index is 12.2. The van der Waals surface area contributed by atoms with Crippen LogP contribution in [0.1, 0.15) is 41.4 Å². The summed E-state index contributed by atoms with van der Waals surface area (Å²) in [6.07, 6.45) is 1.85. The molecule has 4 atom stereocenters. The van der Waals surface area contributed by atoms with Crippen LogP contribution in [-0.2, 0) is 4.79 Å². The Balaban J connectivity index is 1.75. The summed E-state index contributed by atoms with van der Waals surface area (Å²) >= 11 is 12.6. The van der Waals surface area contributed by atoms with Crippen LogP contribution in [0.25, 0.3) is 0 Å². The molecule has 2 nitrogen and oxygen atoms in total. The number of rotatable bonds is 2. The molecule has 4 unspecified atom stereocenters. The number of carbonyl (C=O) groups excluding carboxylic acids is 1. The van der Waals surface area contributed by atoms with Crippen LogP contribution >= 0.6 is 23.2 Å². The van der Waals surface area contributed by atoms with Gasteiger partial charge in [0.1, 0.15) is 0 Å². The van der Waals surface area contributed by atoms with Crippen molar-refractivity contribution in [2.24, 2.45) is 11.8 Å². The second kappa shape index (κ2) is 6.66. The zero-order chi connectivity index (χ0) is 17.6. The monoisotopic (exact) mass is 373 g/mol. The first-order valence-corrected chi connectivity index (χ1v) is 9.57. The van der Waals surface area contributed by atoms with Crippen molar-refractivity contribution in [2.45, 2.75) is 31.6 Å². The Kier molecular flexibility index (Phi) is 4.51. The van der Waals surface area contributed by atoms with Crippen molar-refractivity contribution in [3.8, 4) is 0 Å². The van der Waals surface area contributed by atoms with E-state index in [4.69, 9.17) is 23.2 Å². The molecule has 1 amide bonds. The molecule has 0 spiro atoms. The molecule has 0 radical (unpaired) electrons. The van der Waals surface area contributed by atoms with Crippen LogP contribution in [0.15, 0.2) is 42.5 Å². The average molecular weight is 374 g/mol. The normalized spacial score (nSPS) is 28.5. The van der Waals surface area contributed by atoms with Crippen LogP contribution in [0.5, 0.6) is 0 Å². The number of nitrogens with one attached hydrogen (secondary N) is 1. The molecule has 2 aliphatic rings. The molecule has 1 N–H and O–H groups in total. The second-order valence-corrected chi connectivity index (χ2v) is 8.22. The molecule has 2 fully saturated rings. The van der Waals surface area contributed by atoms with Gasteiger partial charge in [0.2, 0.25) is 5.91 Å². The van der Waals surface area contributed by atoms with Gasteiger partial charge < -0.3 is 5.32 Å². The molecule has 1 saturated heterocycles. The summed E-state index contributed by atoms with van der Waals surface area (Å²) in [7, 11) is 0.